The zero-order valence-corrected chi connectivity index (χ0v) is 11.7. The number of aromatic carboxylic acids is 1. The lowest BCUT2D eigenvalue weighted by atomic mass is 10.2. The van der Waals surface area contributed by atoms with Gasteiger partial charge in [0.15, 0.2) is 9.84 Å². The normalized spacial score (nSPS) is 11.4. The highest BCUT2D eigenvalue weighted by Crippen LogP contribution is 2.19. The van der Waals surface area contributed by atoms with Gasteiger partial charge in [0.25, 0.3) is 0 Å². The first-order valence-electron chi connectivity index (χ1n) is 5.35. The van der Waals surface area contributed by atoms with Crippen molar-refractivity contribution in [3.8, 4) is 0 Å². The maximum atomic E-state index is 12.2. The van der Waals surface area contributed by atoms with Gasteiger partial charge >= 0.3 is 5.97 Å². The maximum Gasteiger partial charge on any atom is 0.335 e. The molecule has 100 valence electrons. The standard InChI is InChI=1S/C12H11NO4S2/c1-8-13-10(6-18-8)7-19(16,17)11-4-2-3-9(5-11)12(14)15/h2-6H,7H2,1H3,(H,14,15). The Morgan fingerprint density at radius 3 is 2.74 bits per heavy atom. The van der Waals surface area contributed by atoms with E-state index >= 15 is 0 Å². The van der Waals surface area contributed by atoms with E-state index in [9.17, 15) is 13.2 Å². The third kappa shape index (κ3) is 3.18. The lowest BCUT2D eigenvalue weighted by Crippen LogP contribution is -2.07. The van der Waals surface area contributed by atoms with Crippen LogP contribution in [0.5, 0.6) is 0 Å². The molecule has 0 atom stereocenters. The number of thiazole rings is 1. The smallest absolute Gasteiger partial charge is 0.335 e. The van der Waals surface area contributed by atoms with E-state index in [4.69, 9.17) is 5.11 Å². The molecule has 7 heteroatoms. The van der Waals surface area contributed by atoms with Crippen molar-refractivity contribution in [3.05, 3.63) is 45.9 Å². The van der Waals surface area contributed by atoms with Crippen molar-refractivity contribution in [2.75, 3.05) is 0 Å². The van der Waals surface area contributed by atoms with Crippen LogP contribution in [0.1, 0.15) is 21.1 Å². The highest BCUT2D eigenvalue weighted by atomic mass is 32.2. The first-order chi connectivity index (χ1) is 8.88. The summed E-state index contributed by atoms with van der Waals surface area (Å²) in [5.41, 5.74) is 0.429. The molecular weight excluding hydrogens is 286 g/mol. The monoisotopic (exact) mass is 297 g/mol. The summed E-state index contributed by atoms with van der Waals surface area (Å²) in [5, 5.41) is 11.3. The van der Waals surface area contributed by atoms with Gasteiger partial charge in [-0.15, -0.1) is 11.3 Å². The zero-order valence-electron chi connectivity index (χ0n) is 10.0. The van der Waals surface area contributed by atoms with E-state index in [1.165, 1.54) is 29.5 Å². The molecule has 0 aliphatic rings. The predicted octanol–water partition coefficient (Wildman–Crippen LogP) is 2.12. The summed E-state index contributed by atoms with van der Waals surface area (Å²) in [6, 6.07) is 5.33. The van der Waals surface area contributed by atoms with Crippen molar-refractivity contribution in [3.63, 3.8) is 0 Å². The van der Waals surface area contributed by atoms with E-state index in [2.05, 4.69) is 4.98 Å². The number of hydrogen-bond acceptors (Lipinski definition) is 5. The predicted molar refractivity (Wildman–Crippen MR) is 71.1 cm³/mol. The fourth-order valence-corrected chi connectivity index (χ4v) is 3.59. The average Bonchev–Trinajstić information content (AvgIpc) is 2.74. The maximum absolute atomic E-state index is 12.2. The summed E-state index contributed by atoms with van der Waals surface area (Å²) < 4.78 is 24.3. The number of carboxylic acid groups (broad SMARTS) is 1. The number of nitrogens with zero attached hydrogens (tertiary/aromatic N) is 1. The Morgan fingerprint density at radius 1 is 1.42 bits per heavy atom. The van der Waals surface area contributed by atoms with Gasteiger partial charge in [0.2, 0.25) is 0 Å². The Hall–Kier alpha value is -1.73. The lowest BCUT2D eigenvalue weighted by molar-refractivity contribution is 0.0696. The fourth-order valence-electron chi connectivity index (χ4n) is 1.58. The highest BCUT2D eigenvalue weighted by Gasteiger charge is 2.18. The van der Waals surface area contributed by atoms with Crippen LogP contribution in [-0.4, -0.2) is 24.5 Å². The summed E-state index contributed by atoms with van der Waals surface area (Å²) in [4.78, 5) is 14.9. The van der Waals surface area contributed by atoms with Gasteiger partial charge in [0, 0.05) is 5.38 Å². The molecule has 5 nitrogen and oxygen atoms in total. The van der Waals surface area contributed by atoms with E-state index < -0.39 is 15.8 Å². The van der Waals surface area contributed by atoms with Crippen molar-refractivity contribution in [1.82, 2.24) is 4.98 Å². The molecule has 19 heavy (non-hydrogen) atoms. The van der Waals surface area contributed by atoms with Gasteiger partial charge in [0.1, 0.15) is 0 Å². The topological polar surface area (TPSA) is 84.3 Å². The van der Waals surface area contributed by atoms with E-state index in [-0.39, 0.29) is 16.2 Å². The van der Waals surface area contributed by atoms with Gasteiger partial charge in [0.05, 0.1) is 26.9 Å². The number of rotatable bonds is 4. The molecule has 1 N–H and O–H groups in total. The molecule has 0 saturated heterocycles. The van der Waals surface area contributed by atoms with Crippen LogP contribution in [-0.2, 0) is 15.6 Å². The number of carbonyl (C=O) groups is 1. The number of sulfone groups is 1. The van der Waals surface area contributed by atoms with Crippen LogP contribution >= 0.6 is 11.3 Å². The quantitative estimate of drug-likeness (QED) is 0.934. The van der Waals surface area contributed by atoms with E-state index in [0.29, 0.717) is 5.69 Å². The first-order valence-corrected chi connectivity index (χ1v) is 7.89. The number of aryl methyl sites for hydroxylation is 1. The van der Waals surface area contributed by atoms with Gasteiger partial charge in [-0.05, 0) is 25.1 Å². The van der Waals surface area contributed by atoms with Gasteiger partial charge in [-0.25, -0.2) is 18.2 Å². The average molecular weight is 297 g/mol. The number of carboxylic acids is 1. The molecule has 0 saturated carbocycles. The first kappa shape index (κ1) is 13.7. The number of hydrogen-bond donors (Lipinski definition) is 1. The minimum absolute atomic E-state index is 0.00180. The van der Waals surface area contributed by atoms with Crippen molar-refractivity contribution in [1.29, 1.82) is 0 Å². The molecule has 1 heterocycles. The zero-order chi connectivity index (χ0) is 14.0. The van der Waals surface area contributed by atoms with Crippen molar-refractivity contribution in [2.24, 2.45) is 0 Å². The largest absolute Gasteiger partial charge is 0.478 e. The van der Waals surface area contributed by atoms with Crippen LogP contribution in [0, 0.1) is 6.92 Å². The van der Waals surface area contributed by atoms with Crippen LogP contribution in [0.15, 0.2) is 34.5 Å². The minimum atomic E-state index is -3.58. The van der Waals surface area contributed by atoms with Crippen LogP contribution in [0.25, 0.3) is 0 Å². The molecule has 2 aromatic rings. The molecule has 0 fully saturated rings. The summed E-state index contributed by atoms with van der Waals surface area (Å²) in [7, 11) is -3.58. The van der Waals surface area contributed by atoms with E-state index in [0.717, 1.165) is 11.1 Å². The van der Waals surface area contributed by atoms with Crippen LogP contribution in [0.2, 0.25) is 0 Å². The molecule has 0 aliphatic carbocycles. The Morgan fingerprint density at radius 2 is 2.16 bits per heavy atom. The third-order valence-corrected chi connectivity index (χ3v) is 4.91. The molecule has 0 unspecified atom stereocenters. The second-order valence-electron chi connectivity index (χ2n) is 3.95. The summed E-state index contributed by atoms with van der Waals surface area (Å²) >= 11 is 1.38. The molecule has 0 bridgehead atoms. The third-order valence-electron chi connectivity index (χ3n) is 2.44. The Balaban J connectivity index is 2.34. The van der Waals surface area contributed by atoms with Crippen LogP contribution in [0.4, 0.5) is 0 Å². The van der Waals surface area contributed by atoms with E-state index in [1.807, 2.05) is 0 Å². The summed E-state index contributed by atoms with van der Waals surface area (Å²) in [6.07, 6.45) is 0. The second-order valence-corrected chi connectivity index (χ2v) is 7.00. The second kappa shape index (κ2) is 5.10. The van der Waals surface area contributed by atoms with Crippen molar-refractivity contribution in [2.45, 2.75) is 17.6 Å². The fraction of sp³-hybridized carbons (Fsp3) is 0.167. The number of aromatic nitrogens is 1. The number of benzene rings is 1. The van der Waals surface area contributed by atoms with Gasteiger partial charge < -0.3 is 5.11 Å². The Kier molecular flexibility index (Phi) is 3.68. The van der Waals surface area contributed by atoms with Crippen LogP contribution < -0.4 is 0 Å². The molecule has 1 aromatic heterocycles. The Bertz CT molecular complexity index is 719. The van der Waals surface area contributed by atoms with Gasteiger partial charge in [-0.1, -0.05) is 6.07 Å². The van der Waals surface area contributed by atoms with E-state index in [1.54, 1.807) is 12.3 Å². The van der Waals surface area contributed by atoms with Gasteiger partial charge in [-0.3, -0.25) is 0 Å². The molecule has 0 amide bonds. The highest BCUT2D eigenvalue weighted by molar-refractivity contribution is 7.90. The molecule has 0 spiro atoms. The van der Waals surface area contributed by atoms with Gasteiger partial charge in [-0.2, -0.15) is 0 Å². The summed E-state index contributed by atoms with van der Waals surface area (Å²) in [5.74, 6) is -1.37. The molecule has 0 radical (unpaired) electrons. The van der Waals surface area contributed by atoms with Crippen LogP contribution in [0.3, 0.4) is 0 Å². The van der Waals surface area contributed by atoms with Crippen molar-refractivity contribution < 1.29 is 18.3 Å². The Labute approximate surface area is 114 Å². The SMILES string of the molecule is Cc1nc(CS(=O)(=O)c2cccc(C(=O)O)c2)cs1. The summed E-state index contributed by atoms with van der Waals surface area (Å²) in [6.45, 7) is 1.80. The van der Waals surface area contributed by atoms with Crippen molar-refractivity contribution >= 4 is 27.1 Å². The molecule has 1 aromatic carbocycles. The minimum Gasteiger partial charge on any atom is -0.478 e. The lowest BCUT2D eigenvalue weighted by Gasteiger charge is -2.03. The molecule has 2 rings (SSSR count). The molecule has 0 aliphatic heterocycles. The molecular formula is C12H11NO4S2.